The largest absolute Gasteiger partial charge is 0.381 e. The van der Waals surface area contributed by atoms with E-state index in [2.05, 4.69) is 43.0 Å². The summed E-state index contributed by atoms with van der Waals surface area (Å²) in [4.78, 5) is 0. The van der Waals surface area contributed by atoms with Crippen LogP contribution in [0.5, 0.6) is 0 Å². The maximum atomic E-state index is 5.94. The minimum atomic E-state index is 0.369. The topological polar surface area (TPSA) is 9.23 Å². The first-order valence-electron chi connectivity index (χ1n) is 7.57. The van der Waals surface area contributed by atoms with Crippen LogP contribution in [0.3, 0.4) is 0 Å². The van der Waals surface area contributed by atoms with Crippen LogP contribution in [0.1, 0.15) is 44.1 Å². The van der Waals surface area contributed by atoms with Crippen molar-refractivity contribution in [1.29, 1.82) is 0 Å². The van der Waals surface area contributed by atoms with E-state index < -0.39 is 0 Å². The maximum Gasteiger partial charge on any atom is 0.0530 e. The summed E-state index contributed by atoms with van der Waals surface area (Å²) in [6, 6.07) is 10.7. The molecule has 0 spiro atoms. The molecule has 2 rings (SSSR count). The highest BCUT2D eigenvalue weighted by Gasteiger charge is 2.30. The molecule has 1 saturated carbocycles. The van der Waals surface area contributed by atoms with Gasteiger partial charge in [-0.25, -0.2) is 0 Å². The van der Waals surface area contributed by atoms with Crippen LogP contribution in [0.4, 0.5) is 0 Å². The Bertz CT molecular complexity index is 344. The van der Waals surface area contributed by atoms with Gasteiger partial charge >= 0.3 is 0 Å². The molecule has 0 heterocycles. The molecule has 0 aliphatic heterocycles. The van der Waals surface area contributed by atoms with Gasteiger partial charge in [-0.2, -0.15) is 12.6 Å². The lowest BCUT2D eigenvalue weighted by Gasteiger charge is -2.35. The highest BCUT2D eigenvalue weighted by Crippen LogP contribution is 2.37. The van der Waals surface area contributed by atoms with Gasteiger partial charge in [0.15, 0.2) is 0 Å². The predicted molar refractivity (Wildman–Crippen MR) is 85.0 cm³/mol. The number of hydrogen-bond acceptors (Lipinski definition) is 2. The van der Waals surface area contributed by atoms with Crippen LogP contribution in [0.2, 0.25) is 0 Å². The second kappa shape index (κ2) is 7.96. The molecule has 1 fully saturated rings. The molecule has 1 aromatic rings. The molecule has 0 radical (unpaired) electrons. The van der Waals surface area contributed by atoms with Crippen LogP contribution in [-0.4, -0.2) is 19.0 Å². The van der Waals surface area contributed by atoms with E-state index in [1.54, 1.807) is 0 Å². The molecule has 0 amide bonds. The second-order valence-electron chi connectivity index (χ2n) is 5.86. The monoisotopic (exact) mass is 278 g/mol. The molecule has 0 aromatic heterocycles. The van der Waals surface area contributed by atoms with Gasteiger partial charge in [-0.15, -0.1) is 0 Å². The standard InChI is InChI=1S/C17H26OS/c19-15-17(11-5-2-6-12-17)14-18-13-7-10-16-8-3-1-4-9-16/h1,3-4,8-9,19H,2,5-7,10-15H2. The Morgan fingerprint density at radius 3 is 2.47 bits per heavy atom. The molecule has 0 bridgehead atoms. The molecular weight excluding hydrogens is 252 g/mol. The number of hydrogen-bond donors (Lipinski definition) is 1. The van der Waals surface area contributed by atoms with E-state index in [-0.39, 0.29) is 0 Å². The molecule has 1 aliphatic rings. The average Bonchev–Trinajstić information content (AvgIpc) is 2.49. The average molecular weight is 278 g/mol. The van der Waals surface area contributed by atoms with Crippen LogP contribution in [0, 0.1) is 5.41 Å². The second-order valence-corrected chi connectivity index (χ2v) is 6.18. The molecular formula is C17H26OS. The molecule has 19 heavy (non-hydrogen) atoms. The maximum absolute atomic E-state index is 5.94. The SMILES string of the molecule is SCC1(COCCCc2ccccc2)CCCCC1. The third-order valence-electron chi connectivity index (χ3n) is 4.25. The zero-order chi connectivity index (χ0) is 13.4. The van der Waals surface area contributed by atoms with Gasteiger partial charge in [-0.1, -0.05) is 49.6 Å². The Hall–Kier alpha value is -0.470. The third kappa shape index (κ3) is 4.85. The number of thiol groups is 1. The first-order chi connectivity index (χ1) is 9.35. The Morgan fingerprint density at radius 2 is 1.79 bits per heavy atom. The van der Waals surface area contributed by atoms with Gasteiger partial charge in [0.1, 0.15) is 0 Å². The van der Waals surface area contributed by atoms with Crippen molar-refractivity contribution in [3.63, 3.8) is 0 Å². The summed E-state index contributed by atoms with van der Waals surface area (Å²) in [5.74, 6) is 0.978. The lowest BCUT2D eigenvalue weighted by Crippen LogP contribution is -2.31. The summed E-state index contributed by atoms with van der Waals surface area (Å²) in [5, 5.41) is 0. The number of benzene rings is 1. The molecule has 0 atom stereocenters. The van der Waals surface area contributed by atoms with E-state index in [4.69, 9.17) is 4.74 Å². The van der Waals surface area contributed by atoms with Crippen molar-refractivity contribution in [3.05, 3.63) is 35.9 Å². The number of aryl methyl sites for hydroxylation is 1. The summed E-state index contributed by atoms with van der Waals surface area (Å²) in [6.45, 7) is 1.79. The van der Waals surface area contributed by atoms with Crippen LogP contribution in [0.25, 0.3) is 0 Å². The Labute approximate surface area is 123 Å². The van der Waals surface area contributed by atoms with E-state index in [0.29, 0.717) is 5.41 Å². The van der Waals surface area contributed by atoms with Gasteiger partial charge in [-0.3, -0.25) is 0 Å². The van der Waals surface area contributed by atoms with Crippen LogP contribution in [0.15, 0.2) is 30.3 Å². The Balaban J connectivity index is 1.63. The van der Waals surface area contributed by atoms with Crippen molar-refractivity contribution in [2.75, 3.05) is 19.0 Å². The van der Waals surface area contributed by atoms with E-state index in [1.807, 2.05) is 0 Å². The third-order valence-corrected chi connectivity index (χ3v) is 4.93. The fraction of sp³-hybridized carbons (Fsp3) is 0.647. The number of rotatable bonds is 7. The molecule has 0 N–H and O–H groups in total. The molecule has 1 nitrogen and oxygen atoms in total. The first kappa shape index (κ1) is 14.9. The molecule has 2 heteroatoms. The van der Waals surface area contributed by atoms with Gasteiger partial charge in [0.05, 0.1) is 6.61 Å². The summed E-state index contributed by atoms with van der Waals surface area (Å²) in [5.41, 5.74) is 1.78. The van der Waals surface area contributed by atoms with Crippen molar-refractivity contribution in [2.45, 2.75) is 44.9 Å². The molecule has 1 aliphatic carbocycles. The van der Waals surface area contributed by atoms with Gasteiger partial charge in [0, 0.05) is 12.0 Å². The highest BCUT2D eigenvalue weighted by molar-refractivity contribution is 7.80. The molecule has 1 aromatic carbocycles. The fourth-order valence-electron chi connectivity index (χ4n) is 2.96. The lowest BCUT2D eigenvalue weighted by atomic mass is 9.76. The van der Waals surface area contributed by atoms with Crippen molar-refractivity contribution < 1.29 is 4.74 Å². The van der Waals surface area contributed by atoms with Gasteiger partial charge in [0.2, 0.25) is 0 Å². The minimum Gasteiger partial charge on any atom is -0.381 e. The van der Waals surface area contributed by atoms with Crippen molar-refractivity contribution in [2.24, 2.45) is 5.41 Å². The summed E-state index contributed by atoms with van der Waals surface area (Å²) in [7, 11) is 0. The van der Waals surface area contributed by atoms with Crippen molar-refractivity contribution in [3.8, 4) is 0 Å². The Morgan fingerprint density at radius 1 is 1.05 bits per heavy atom. The minimum absolute atomic E-state index is 0.369. The lowest BCUT2D eigenvalue weighted by molar-refractivity contribution is 0.0335. The van der Waals surface area contributed by atoms with E-state index in [1.165, 1.54) is 37.7 Å². The van der Waals surface area contributed by atoms with Crippen LogP contribution < -0.4 is 0 Å². The van der Waals surface area contributed by atoms with Crippen molar-refractivity contribution >= 4 is 12.6 Å². The predicted octanol–water partition coefficient (Wildman–Crippen LogP) is 4.52. The van der Waals surface area contributed by atoms with E-state index in [9.17, 15) is 0 Å². The first-order valence-corrected chi connectivity index (χ1v) is 8.20. The van der Waals surface area contributed by atoms with Gasteiger partial charge < -0.3 is 4.74 Å². The molecule has 106 valence electrons. The van der Waals surface area contributed by atoms with E-state index in [0.717, 1.165) is 31.8 Å². The smallest absolute Gasteiger partial charge is 0.0530 e. The summed E-state index contributed by atoms with van der Waals surface area (Å²) in [6.07, 6.45) is 8.94. The normalized spacial score (nSPS) is 18.4. The zero-order valence-corrected chi connectivity index (χ0v) is 12.7. The van der Waals surface area contributed by atoms with Gasteiger partial charge in [-0.05, 0) is 37.0 Å². The van der Waals surface area contributed by atoms with E-state index >= 15 is 0 Å². The quantitative estimate of drug-likeness (QED) is 0.570. The van der Waals surface area contributed by atoms with Crippen LogP contribution in [-0.2, 0) is 11.2 Å². The molecule has 0 saturated heterocycles. The summed E-state index contributed by atoms with van der Waals surface area (Å²) >= 11 is 4.55. The zero-order valence-electron chi connectivity index (χ0n) is 11.8. The van der Waals surface area contributed by atoms with Gasteiger partial charge in [0.25, 0.3) is 0 Å². The summed E-state index contributed by atoms with van der Waals surface area (Å²) < 4.78 is 5.94. The van der Waals surface area contributed by atoms with Crippen molar-refractivity contribution in [1.82, 2.24) is 0 Å². The van der Waals surface area contributed by atoms with Crippen LogP contribution >= 0.6 is 12.6 Å². The fourth-order valence-corrected chi connectivity index (χ4v) is 3.37. The number of ether oxygens (including phenoxy) is 1. The Kier molecular flexibility index (Phi) is 6.25. The highest BCUT2D eigenvalue weighted by atomic mass is 32.1. The molecule has 0 unspecified atom stereocenters.